The number of halogens is 2. The van der Waals surface area contributed by atoms with Crippen LogP contribution >= 0.6 is 23.2 Å². The molecule has 5 nitrogen and oxygen atoms in total. The Balaban J connectivity index is 2.13. The molecule has 0 aliphatic rings. The van der Waals surface area contributed by atoms with Gasteiger partial charge in [0.1, 0.15) is 6.04 Å². The predicted molar refractivity (Wildman–Crippen MR) is 111 cm³/mol. The Morgan fingerprint density at radius 2 is 1.78 bits per heavy atom. The molecule has 2 aromatic rings. The molecule has 0 saturated carbocycles. The van der Waals surface area contributed by atoms with Crippen LogP contribution in [0.1, 0.15) is 18.9 Å². The van der Waals surface area contributed by atoms with Crippen molar-refractivity contribution in [2.24, 2.45) is 0 Å². The average molecular weight is 429 g/mol. The lowest BCUT2D eigenvalue weighted by Gasteiger charge is -2.30. The number of nitrogens with zero attached hydrogens (tertiary/aromatic N) is 1. The molecule has 0 heterocycles. The van der Waals surface area contributed by atoms with E-state index in [0.29, 0.717) is 35.1 Å². The molecule has 1 N–H and O–H groups in total. The van der Waals surface area contributed by atoms with Gasteiger partial charge in [0.2, 0.25) is 15.9 Å². The lowest BCUT2D eigenvalue weighted by Crippen LogP contribution is -2.49. The fourth-order valence-corrected chi connectivity index (χ4v) is 4.29. The summed E-state index contributed by atoms with van der Waals surface area (Å²) >= 11 is 11.9. The molecule has 0 spiro atoms. The van der Waals surface area contributed by atoms with E-state index in [1.165, 1.54) is 6.07 Å². The van der Waals surface area contributed by atoms with Gasteiger partial charge in [-0.1, -0.05) is 48.3 Å². The van der Waals surface area contributed by atoms with E-state index < -0.39 is 16.1 Å². The quantitative estimate of drug-likeness (QED) is 0.692. The van der Waals surface area contributed by atoms with Crippen molar-refractivity contribution in [1.82, 2.24) is 5.32 Å². The highest BCUT2D eigenvalue weighted by atomic mass is 35.5. The standard InChI is InChI=1S/C19H22Cl2N2O3S/c1-3-18(19(24)22-12-11-14-7-9-15(20)10-8-14)23(27(2,25)26)17-6-4-5-16(21)13-17/h4-10,13,18H,3,11-12H2,1-2H3,(H,22,24)/t18-/m0/s1. The van der Waals surface area contributed by atoms with E-state index in [9.17, 15) is 13.2 Å². The Kier molecular flexibility index (Phi) is 7.53. The largest absolute Gasteiger partial charge is 0.354 e. The van der Waals surface area contributed by atoms with Crippen LogP contribution < -0.4 is 9.62 Å². The van der Waals surface area contributed by atoms with Crippen molar-refractivity contribution in [3.8, 4) is 0 Å². The van der Waals surface area contributed by atoms with Crippen molar-refractivity contribution < 1.29 is 13.2 Å². The number of rotatable bonds is 8. The van der Waals surface area contributed by atoms with E-state index in [1.54, 1.807) is 37.3 Å². The van der Waals surface area contributed by atoms with Crippen LogP contribution in [0.2, 0.25) is 10.0 Å². The van der Waals surface area contributed by atoms with Gasteiger partial charge in [0, 0.05) is 16.6 Å². The van der Waals surface area contributed by atoms with E-state index in [4.69, 9.17) is 23.2 Å². The molecule has 0 unspecified atom stereocenters. The fraction of sp³-hybridized carbons (Fsp3) is 0.316. The van der Waals surface area contributed by atoms with Crippen LogP contribution in [0.15, 0.2) is 48.5 Å². The minimum Gasteiger partial charge on any atom is -0.354 e. The van der Waals surface area contributed by atoms with E-state index >= 15 is 0 Å². The first kappa shape index (κ1) is 21.5. The van der Waals surface area contributed by atoms with Crippen LogP contribution in [-0.4, -0.2) is 33.2 Å². The fourth-order valence-electron chi connectivity index (χ4n) is 2.77. The van der Waals surface area contributed by atoms with Crippen LogP contribution in [0.3, 0.4) is 0 Å². The molecule has 2 aromatic carbocycles. The van der Waals surface area contributed by atoms with Gasteiger partial charge in [0.05, 0.1) is 11.9 Å². The molecule has 8 heteroatoms. The lowest BCUT2D eigenvalue weighted by molar-refractivity contribution is -0.122. The Labute approximate surface area is 170 Å². The minimum absolute atomic E-state index is 0.326. The number of carbonyl (C=O) groups is 1. The Morgan fingerprint density at radius 1 is 1.11 bits per heavy atom. The van der Waals surface area contributed by atoms with Crippen molar-refractivity contribution >= 4 is 44.8 Å². The zero-order valence-electron chi connectivity index (χ0n) is 15.2. The smallest absolute Gasteiger partial charge is 0.243 e. The highest BCUT2D eigenvalue weighted by molar-refractivity contribution is 7.92. The number of sulfonamides is 1. The average Bonchev–Trinajstić information content (AvgIpc) is 2.60. The summed E-state index contributed by atoms with van der Waals surface area (Å²) in [6.07, 6.45) is 2.03. The number of amides is 1. The molecule has 27 heavy (non-hydrogen) atoms. The van der Waals surface area contributed by atoms with Gasteiger partial charge in [0.25, 0.3) is 0 Å². The second kappa shape index (κ2) is 9.44. The van der Waals surface area contributed by atoms with E-state index in [1.807, 2.05) is 12.1 Å². The monoisotopic (exact) mass is 428 g/mol. The van der Waals surface area contributed by atoms with E-state index in [0.717, 1.165) is 16.1 Å². The molecular weight excluding hydrogens is 407 g/mol. The highest BCUT2D eigenvalue weighted by Crippen LogP contribution is 2.25. The molecule has 0 aromatic heterocycles. The number of nitrogens with one attached hydrogen (secondary N) is 1. The molecule has 2 rings (SSSR count). The maximum atomic E-state index is 12.7. The van der Waals surface area contributed by atoms with Crippen LogP contribution in [0.5, 0.6) is 0 Å². The van der Waals surface area contributed by atoms with Crippen LogP contribution in [0.25, 0.3) is 0 Å². The minimum atomic E-state index is -3.67. The zero-order valence-corrected chi connectivity index (χ0v) is 17.5. The Bertz CT molecular complexity index is 886. The zero-order chi connectivity index (χ0) is 20.0. The molecule has 1 amide bonds. The third-order valence-electron chi connectivity index (χ3n) is 4.02. The van der Waals surface area contributed by atoms with Gasteiger partial charge in [-0.25, -0.2) is 8.42 Å². The lowest BCUT2D eigenvalue weighted by atomic mass is 10.1. The highest BCUT2D eigenvalue weighted by Gasteiger charge is 2.31. The summed E-state index contributed by atoms with van der Waals surface area (Å²) in [7, 11) is -3.67. The van der Waals surface area contributed by atoms with Gasteiger partial charge < -0.3 is 5.32 Å². The maximum absolute atomic E-state index is 12.7. The molecule has 0 fully saturated rings. The van der Waals surface area contributed by atoms with Gasteiger partial charge in [0.15, 0.2) is 0 Å². The van der Waals surface area contributed by atoms with Crippen molar-refractivity contribution in [3.05, 3.63) is 64.1 Å². The summed E-state index contributed by atoms with van der Waals surface area (Å²) in [4.78, 5) is 12.7. The van der Waals surface area contributed by atoms with Crippen molar-refractivity contribution in [2.75, 3.05) is 17.1 Å². The molecule has 0 aliphatic carbocycles. The molecular formula is C19H22Cl2N2O3S. The van der Waals surface area contributed by atoms with Crippen molar-refractivity contribution in [2.45, 2.75) is 25.8 Å². The van der Waals surface area contributed by atoms with Crippen molar-refractivity contribution in [3.63, 3.8) is 0 Å². The summed E-state index contributed by atoms with van der Waals surface area (Å²) in [6.45, 7) is 2.16. The number of hydrogen-bond acceptors (Lipinski definition) is 3. The first-order valence-electron chi connectivity index (χ1n) is 8.49. The summed E-state index contributed by atoms with van der Waals surface area (Å²) < 4.78 is 25.9. The second-order valence-electron chi connectivity index (χ2n) is 6.13. The molecule has 0 saturated heterocycles. The SMILES string of the molecule is CC[C@@H](C(=O)NCCc1ccc(Cl)cc1)N(c1cccc(Cl)c1)S(C)(=O)=O. The van der Waals surface area contributed by atoms with Crippen LogP contribution in [-0.2, 0) is 21.2 Å². The predicted octanol–water partition coefficient (Wildman–Crippen LogP) is 3.90. The molecule has 0 bridgehead atoms. The summed E-state index contributed by atoms with van der Waals surface area (Å²) in [6, 6.07) is 13.0. The summed E-state index contributed by atoms with van der Waals surface area (Å²) in [5.41, 5.74) is 1.40. The third kappa shape index (κ3) is 6.13. The van der Waals surface area contributed by atoms with Gasteiger partial charge in [-0.2, -0.15) is 0 Å². The van der Waals surface area contributed by atoms with Gasteiger partial charge in [-0.3, -0.25) is 9.10 Å². The summed E-state index contributed by atoms with van der Waals surface area (Å²) in [5.74, 6) is -0.350. The Morgan fingerprint density at radius 3 is 2.33 bits per heavy atom. The number of carbonyl (C=O) groups excluding carboxylic acids is 1. The third-order valence-corrected chi connectivity index (χ3v) is 5.69. The molecule has 0 aliphatic heterocycles. The normalized spacial score (nSPS) is 12.4. The van der Waals surface area contributed by atoms with E-state index in [2.05, 4.69) is 5.32 Å². The molecule has 146 valence electrons. The van der Waals surface area contributed by atoms with E-state index in [-0.39, 0.29) is 5.91 Å². The van der Waals surface area contributed by atoms with Gasteiger partial charge >= 0.3 is 0 Å². The first-order chi connectivity index (χ1) is 12.7. The van der Waals surface area contributed by atoms with Crippen LogP contribution in [0.4, 0.5) is 5.69 Å². The van der Waals surface area contributed by atoms with Crippen molar-refractivity contribution in [1.29, 1.82) is 0 Å². The summed E-state index contributed by atoms with van der Waals surface area (Å²) in [5, 5.41) is 3.88. The topological polar surface area (TPSA) is 66.5 Å². The molecule has 0 radical (unpaired) electrons. The van der Waals surface area contributed by atoms with Gasteiger partial charge in [-0.15, -0.1) is 0 Å². The number of hydrogen-bond donors (Lipinski definition) is 1. The first-order valence-corrected chi connectivity index (χ1v) is 11.1. The maximum Gasteiger partial charge on any atom is 0.243 e. The van der Waals surface area contributed by atoms with Crippen LogP contribution in [0, 0.1) is 0 Å². The second-order valence-corrected chi connectivity index (χ2v) is 8.86. The number of benzene rings is 2. The molecule has 1 atom stereocenters. The van der Waals surface area contributed by atoms with Gasteiger partial charge in [-0.05, 0) is 48.7 Å². The number of anilines is 1. The Hall–Kier alpha value is -1.76.